The highest BCUT2D eigenvalue weighted by Crippen LogP contribution is 2.47. The number of ketones is 1. The maximum absolute atomic E-state index is 14.9. The third-order valence-electron chi connectivity index (χ3n) is 14.5. The van der Waals surface area contributed by atoms with Crippen LogP contribution in [-0.4, -0.2) is 139 Å². The molecule has 4 heterocycles. The van der Waals surface area contributed by atoms with E-state index in [0.717, 1.165) is 11.1 Å². The van der Waals surface area contributed by atoms with Gasteiger partial charge < -0.3 is 53.0 Å². The van der Waals surface area contributed by atoms with E-state index >= 15 is 0 Å². The highest BCUT2D eigenvalue weighted by Gasteiger charge is 2.57. The van der Waals surface area contributed by atoms with Gasteiger partial charge in [0.05, 0.1) is 54.7 Å². The molecular weight excluding hydrogens is 795 g/mol. The number of cyclic esters (lactones) is 1. The maximum Gasteiger partial charge on any atom is 0.311 e. The molecule has 5 rings (SSSR count). The molecule has 0 spiro atoms. The van der Waals surface area contributed by atoms with Gasteiger partial charge in [0.2, 0.25) is 0 Å². The Labute approximate surface area is 370 Å². The second-order valence-electron chi connectivity index (χ2n) is 19.5. The molecule has 0 aliphatic carbocycles. The van der Waals surface area contributed by atoms with Gasteiger partial charge in [-0.05, 0) is 86.0 Å². The quantitative estimate of drug-likeness (QED) is 0.187. The van der Waals surface area contributed by atoms with Crippen molar-refractivity contribution in [3.05, 3.63) is 54.1 Å². The number of methoxy groups -OCH3 is 1. The molecular formula is C49H77NO12. The summed E-state index contributed by atoms with van der Waals surface area (Å²) in [5.74, 6) is -3.66. The van der Waals surface area contributed by atoms with Gasteiger partial charge in [-0.15, -0.1) is 0 Å². The van der Waals surface area contributed by atoms with Gasteiger partial charge in [-0.2, -0.15) is 0 Å². The van der Waals surface area contributed by atoms with Crippen LogP contribution < -0.4 is 0 Å². The lowest BCUT2D eigenvalue weighted by atomic mass is 9.69. The molecule has 1 aromatic rings. The van der Waals surface area contributed by atoms with Gasteiger partial charge in [0.25, 0.3) is 0 Å². The number of carbonyl (C=O) groups is 2. The Morgan fingerprint density at radius 3 is 2.24 bits per heavy atom. The number of benzene rings is 1. The molecule has 3 unspecified atom stereocenters. The summed E-state index contributed by atoms with van der Waals surface area (Å²) in [6.45, 7) is 23.6. The van der Waals surface area contributed by atoms with E-state index in [1.54, 1.807) is 21.0 Å². The standard InChI is InChI=1S/C49H77NO12/c1-15-37-49(11)39(29(3)27-57-49)31(5)40(51)28(2)25-48(10,56-23-19-22-35-20-17-16-18-21-35)44(62-46-41(52)36(50(12)13)24-30(4)58-46)32(6)42(33(7)45(54)60-37)61-38-26-47(9,55-14)43(53)34(8)59-38/h16-22,28,30-34,36-39,41-44,46,52-53H,3,15,23-27H2,1-2,4-14H3/b22-19+/t28?,30-,31?,32+,33-,34+,36+,37-,38+,39+,41-,42+,43?,44-,46+,47-,48-,49-/m1/s1. The molecule has 4 aliphatic rings. The average molecular weight is 872 g/mol. The molecule has 0 bridgehead atoms. The molecule has 4 fully saturated rings. The minimum Gasteiger partial charge on any atom is -0.459 e. The Balaban J connectivity index is 1.68. The van der Waals surface area contributed by atoms with E-state index in [1.807, 2.05) is 117 Å². The summed E-state index contributed by atoms with van der Waals surface area (Å²) in [6, 6.07) is 9.61. The Kier molecular flexibility index (Phi) is 16.9. The van der Waals surface area contributed by atoms with Gasteiger partial charge in [-0.25, -0.2) is 0 Å². The molecule has 0 aromatic heterocycles. The molecule has 13 heteroatoms. The van der Waals surface area contributed by atoms with Crippen LogP contribution in [0, 0.1) is 29.6 Å². The van der Waals surface area contributed by atoms with E-state index in [9.17, 15) is 19.8 Å². The van der Waals surface area contributed by atoms with Crippen LogP contribution in [0.3, 0.4) is 0 Å². The van der Waals surface area contributed by atoms with E-state index in [4.69, 9.17) is 37.9 Å². The molecule has 4 aliphatic heterocycles. The molecule has 350 valence electrons. The van der Waals surface area contributed by atoms with E-state index in [2.05, 4.69) is 6.58 Å². The summed E-state index contributed by atoms with van der Waals surface area (Å²) in [4.78, 5) is 31.6. The topological polar surface area (TPSA) is 152 Å². The third-order valence-corrected chi connectivity index (χ3v) is 14.5. The predicted octanol–water partition coefficient (Wildman–Crippen LogP) is 6.37. The zero-order chi connectivity index (χ0) is 45.9. The van der Waals surface area contributed by atoms with Crippen LogP contribution in [0.4, 0.5) is 0 Å². The molecule has 1 aromatic carbocycles. The van der Waals surface area contributed by atoms with Gasteiger partial charge in [-0.3, -0.25) is 9.59 Å². The van der Waals surface area contributed by atoms with E-state index < -0.39 is 102 Å². The minimum absolute atomic E-state index is 0.00872. The molecule has 18 atom stereocenters. The number of ether oxygens (including phenoxy) is 8. The second-order valence-corrected chi connectivity index (χ2v) is 19.5. The van der Waals surface area contributed by atoms with Crippen LogP contribution in [-0.2, 0) is 47.5 Å². The number of carbonyl (C=O) groups excluding carboxylic acids is 2. The first-order valence-electron chi connectivity index (χ1n) is 22.7. The fourth-order valence-electron chi connectivity index (χ4n) is 10.8. The fraction of sp³-hybridized carbons (Fsp3) is 0.755. The number of hydrogen-bond donors (Lipinski definition) is 2. The number of hydrogen-bond acceptors (Lipinski definition) is 13. The number of fused-ring (bicyclic) bond motifs is 1. The van der Waals surface area contributed by atoms with Crippen molar-refractivity contribution in [3.8, 4) is 0 Å². The number of rotatable bonds is 11. The Morgan fingerprint density at radius 2 is 1.61 bits per heavy atom. The van der Waals surface area contributed by atoms with Crippen LogP contribution in [0.15, 0.2) is 48.6 Å². The van der Waals surface area contributed by atoms with Crippen molar-refractivity contribution in [3.63, 3.8) is 0 Å². The molecule has 0 saturated carbocycles. The van der Waals surface area contributed by atoms with Crippen molar-refractivity contribution in [1.82, 2.24) is 4.90 Å². The number of aliphatic hydroxyl groups is 2. The fourth-order valence-corrected chi connectivity index (χ4v) is 10.8. The summed E-state index contributed by atoms with van der Waals surface area (Å²) < 4.78 is 52.6. The number of Topliss-reactive ketones (excluding diaryl/α,β-unsaturated/α-hetero) is 1. The van der Waals surface area contributed by atoms with Crippen molar-refractivity contribution >= 4 is 17.8 Å². The van der Waals surface area contributed by atoms with E-state index in [-0.39, 0.29) is 44.0 Å². The Bertz CT molecular complexity index is 1690. The summed E-state index contributed by atoms with van der Waals surface area (Å²) >= 11 is 0. The van der Waals surface area contributed by atoms with Crippen molar-refractivity contribution in [2.75, 3.05) is 34.4 Å². The van der Waals surface area contributed by atoms with Crippen LogP contribution in [0.5, 0.6) is 0 Å². The summed E-state index contributed by atoms with van der Waals surface area (Å²) in [5.41, 5.74) is -1.52. The van der Waals surface area contributed by atoms with Gasteiger partial charge in [0.15, 0.2) is 12.6 Å². The SMILES string of the molecule is C=C1CO[C@]2(C)[C@@H](CC)OC(=O)[C@H](C)[C@@H](O[C@H]3C[C@@](C)(OC)C(O)[C@H](C)O3)[C@H](C)[C@@H](O[C@@H]3O[C@H](C)C[C@H](N(C)C)[C@H]3O)[C@](C)(OC/C=C/c3ccccc3)CC(C)C(=O)C(C)[C@H]12. The first kappa shape index (κ1) is 50.4. The van der Waals surface area contributed by atoms with Gasteiger partial charge >= 0.3 is 5.97 Å². The van der Waals surface area contributed by atoms with Gasteiger partial charge in [0.1, 0.15) is 29.7 Å². The maximum atomic E-state index is 14.9. The van der Waals surface area contributed by atoms with Crippen molar-refractivity contribution in [2.45, 2.75) is 173 Å². The molecule has 2 N–H and O–H groups in total. The first-order chi connectivity index (χ1) is 29.1. The molecule has 0 radical (unpaired) electrons. The second kappa shape index (κ2) is 20.7. The van der Waals surface area contributed by atoms with E-state index in [0.29, 0.717) is 12.8 Å². The van der Waals surface area contributed by atoms with Crippen LogP contribution in [0.25, 0.3) is 6.08 Å². The van der Waals surface area contributed by atoms with Crippen LogP contribution >= 0.6 is 0 Å². The highest BCUT2D eigenvalue weighted by atomic mass is 16.7. The van der Waals surface area contributed by atoms with Gasteiger partial charge in [0, 0.05) is 43.2 Å². The number of aliphatic hydroxyl groups excluding tert-OH is 2. The molecule has 13 nitrogen and oxygen atoms in total. The summed E-state index contributed by atoms with van der Waals surface area (Å²) in [5, 5.41) is 23.1. The minimum atomic E-state index is -1.25. The van der Waals surface area contributed by atoms with Crippen molar-refractivity contribution in [2.24, 2.45) is 29.6 Å². The Morgan fingerprint density at radius 1 is 0.935 bits per heavy atom. The van der Waals surface area contributed by atoms with Crippen molar-refractivity contribution < 1.29 is 57.7 Å². The lowest BCUT2D eigenvalue weighted by Gasteiger charge is -2.50. The summed E-state index contributed by atoms with van der Waals surface area (Å²) in [7, 11) is 5.37. The van der Waals surface area contributed by atoms with Crippen LogP contribution in [0.1, 0.15) is 100 Å². The zero-order valence-electron chi connectivity index (χ0n) is 39.6. The van der Waals surface area contributed by atoms with E-state index in [1.165, 1.54) is 0 Å². The highest BCUT2D eigenvalue weighted by molar-refractivity contribution is 5.84. The third kappa shape index (κ3) is 10.8. The van der Waals surface area contributed by atoms with Crippen LogP contribution in [0.2, 0.25) is 0 Å². The molecule has 0 amide bonds. The largest absolute Gasteiger partial charge is 0.459 e. The van der Waals surface area contributed by atoms with Gasteiger partial charge in [-0.1, -0.05) is 76.8 Å². The summed E-state index contributed by atoms with van der Waals surface area (Å²) in [6.07, 6.45) is -2.26. The number of likely N-dealkylation sites (N-methyl/N-ethyl adjacent to an activating group) is 1. The Hall–Kier alpha value is -2.56. The lowest BCUT2D eigenvalue weighted by molar-refractivity contribution is -0.320. The van der Waals surface area contributed by atoms with Crippen molar-refractivity contribution in [1.29, 1.82) is 0 Å². The molecule has 4 saturated heterocycles. The monoisotopic (exact) mass is 872 g/mol. The number of nitrogens with zero attached hydrogens (tertiary/aromatic N) is 1. The predicted molar refractivity (Wildman–Crippen MR) is 236 cm³/mol. The number of esters is 1. The first-order valence-corrected chi connectivity index (χ1v) is 22.7. The zero-order valence-corrected chi connectivity index (χ0v) is 39.6. The lowest BCUT2D eigenvalue weighted by Crippen LogP contribution is -2.61. The molecule has 62 heavy (non-hydrogen) atoms. The average Bonchev–Trinajstić information content (AvgIpc) is 3.54. The smallest absolute Gasteiger partial charge is 0.311 e. The normalized spacial score (nSPS) is 44.0.